The maximum absolute atomic E-state index is 3.80. The van der Waals surface area contributed by atoms with Crippen LogP contribution in [0.5, 0.6) is 0 Å². The molecule has 0 radical (unpaired) electrons. The summed E-state index contributed by atoms with van der Waals surface area (Å²) in [4.78, 5) is 0. The summed E-state index contributed by atoms with van der Waals surface area (Å²) >= 11 is 0. The molecule has 162 valence electrons. The zero-order valence-electron chi connectivity index (χ0n) is 20.7. The smallest absolute Gasteiger partial charge is 0.0333 e. The summed E-state index contributed by atoms with van der Waals surface area (Å²) in [5.41, 5.74) is 9.10. The van der Waals surface area contributed by atoms with Crippen molar-refractivity contribution in [2.45, 2.75) is 101 Å². The summed E-state index contributed by atoms with van der Waals surface area (Å²) in [6.07, 6.45) is 14.9. The Hall–Kier alpha value is -1.24. The van der Waals surface area contributed by atoms with E-state index in [4.69, 9.17) is 0 Å². The lowest BCUT2D eigenvalue weighted by molar-refractivity contribution is 0.256. The molecule has 0 bridgehead atoms. The Morgan fingerprint density at radius 3 is 1.93 bits per heavy atom. The minimum atomic E-state index is 0.269. The molecule has 1 saturated carbocycles. The van der Waals surface area contributed by atoms with Crippen molar-refractivity contribution in [2.75, 3.05) is 6.54 Å². The van der Waals surface area contributed by atoms with Gasteiger partial charge in [0, 0.05) is 12.2 Å². The van der Waals surface area contributed by atoms with Crippen LogP contribution in [0.4, 0.5) is 0 Å². The van der Waals surface area contributed by atoms with Gasteiger partial charge in [-0.1, -0.05) is 73.1 Å². The second-order valence-corrected chi connectivity index (χ2v) is 12.3. The van der Waals surface area contributed by atoms with Crippen LogP contribution in [0.1, 0.15) is 101 Å². The summed E-state index contributed by atoms with van der Waals surface area (Å²) in [6.45, 7) is 22.6. The van der Waals surface area contributed by atoms with Crippen molar-refractivity contribution in [3.8, 4) is 0 Å². The third kappa shape index (κ3) is 4.30. The Kier molecular flexibility index (Phi) is 5.78. The van der Waals surface area contributed by atoms with E-state index in [-0.39, 0.29) is 10.8 Å². The van der Waals surface area contributed by atoms with Gasteiger partial charge in [0.1, 0.15) is 0 Å². The van der Waals surface area contributed by atoms with Crippen LogP contribution in [0.3, 0.4) is 0 Å². The van der Waals surface area contributed by atoms with Gasteiger partial charge in [0.25, 0.3) is 0 Å². The van der Waals surface area contributed by atoms with Crippen molar-refractivity contribution in [1.29, 1.82) is 0 Å². The van der Waals surface area contributed by atoms with Gasteiger partial charge >= 0.3 is 0 Å². The molecule has 0 aromatic rings. The zero-order chi connectivity index (χ0) is 21.7. The van der Waals surface area contributed by atoms with Crippen molar-refractivity contribution in [3.63, 3.8) is 0 Å². The van der Waals surface area contributed by atoms with E-state index in [1.54, 1.807) is 22.3 Å². The van der Waals surface area contributed by atoms with Gasteiger partial charge in [0.2, 0.25) is 0 Å². The van der Waals surface area contributed by atoms with E-state index in [2.05, 4.69) is 85.9 Å². The van der Waals surface area contributed by atoms with Crippen LogP contribution in [0, 0.1) is 21.7 Å². The third-order valence-electron chi connectivity index (χ3n) is 8.26. The van der Waals surface area contributed by atoms with Gasteiger partial charge in [-0.2, -0.15) is 0 Å². The Balaban J connectivity index is 1.81. The second-order valence-electron chi connectivity index (χ2n) is 12.3. The molecule has 0 spiro atoms. The highest BCUT2D eigenvalue weighted by atomic mass is 14.9. The molecule has 1 N–H and O–H groups in total. The van der Waals surface area contributed by atoms with Crippen LogP contribution >= 0.6 is 0 Å². The number of hydrogen-bond acceptors (Lipinski definition) is 1. The molecular formula is C28H45N. The van der Waals surface area contributed by atoms with E-state index in [1.165, 1.54) is 37.8 Å². The first kappa shape index (κ1) is 22.4. The van der Waals surface area contributed by atoms with Crippen LogP contribution in [-0.2, 0) is 0 Å². The van der Waals surface area contributed by atoms with Crippen molar-refractivity contribution < 1.29 is 0 Å². The van der Waals surface area contributed by atoms with Crippen LogP contribution < -0.4 is 5.32 Å². The first-order valence-corrected chi connectivity index (χ1v) is 11.9. The lowest BCUT2D eigenvalue weighted by Gasteiger charge is -2.45. The van der Waals surface area contributed by atoms with Gasteiger partial charge in [-0.3, -0.25) is 0 Å². The van der Waals surface area contributed by atoms with E-state index < -0.39 is 0 Å². The molecule has 29 heavy (non-hydrogen) atoms. The predicted octanol–water partition coefficient (Wildman–Crippen LogP) is 8.12. The van der Waals surface area contributed by atoms with Gasteiger partial charge in [0.05, 0.1) is 0 Å². The lowest BCUT2D eigenvalue weighted by Crippen LogP contribution is -2.33. The number of hydrogen-bond donors (Lipinski definition) is 1. The fourth-order valence-electron chi connectivity index (χ4n) is 5.92. The number of allylic oxidation sites excluding steroid dienone is 7. The molecule has 0 aromatic heterocycles. The molecule has 0 saturated heterocycles. The molecule has 1 fully saturated rings. The van der Waals surface area contributed by atoms with E-state index >= 15 is 0 Å². The first-order chi connectivity index (χ1) is 13.3. The van der Waals surface area contributed by atoms with E-state index in [9.17, 15) is 0 Å². The molecule has 0 amide bonds. The Labute approximate surface area is 180 Å². The average Bonchev–Trinajstić information content (AvgIpc) is 2.62. The normalized spacial score (nSPS) is 30.2. The van der Waals surface area contributed by atoms with E-state index in [0.29, 0.717) is 10.8 Å². The quantitative estimate of drug-likeness (QED) is 0.509. The van der Waals surface area contributed by atoms with Gasteiger partial charge in [-0.25, -0.2) is 0 Å². The van der Waals surface area contributed by atoms with Crippen LogP contribution in [0.2, 0.25) is 0 Å². The summed E-state index contributed by atoms with van der Waals surface area (Å²) in [5, 5.41) is 3.80. The topological polar surface area (TPSA) is 12.0 Å². The lowest BCUT2D eigenvalue weighted by atomic mass is 9.60. The Morgan fingerprint density at radius 1 is 0.759 bits per heavy atom. The third-order valence-corrected chi connectivity index (χ3v) is 8.26. The van der Waals surface area contributed by atoms with Crippen LogP contribution in [-0.4, -0.2) is 6.54 Å². The predicted molar refractivity (Wildman–Crippen MR) is 128 cm³/mol. The summed E-state index contributed by atoms with van der Waals surface area (Å²) in [5.74, 6) is 0. The largest absolute Gasteiger partial charge is 0.385 e. The van der Waals surface area contributed by atoms with E-state index in [0.717, 1.165) is 13.0 Å². The first-order valence-electron chi connectivity index (χ1n) is 11.9. The molecule has 0 unspecified atom stereocenters. The molecule has 1 heteroatoms. The maximum atomic E-state index is 3.80. The van der Waals surface area contributed by atoms with Gasteiger partial charge in [-0.15, -0.1) is 0 Å². The highest BCUT2D eigenvalue weighted by Gasteiger charge is 2.40. The molecule has 0 atom stereocenters. The standard InChI is InChI=1S/C28H45N/c1-10-21-23(27(6,7)15-14-25(21,2)3)13-18-29-20-11-12-22-24(19-20)28(8,9)17-16-26(22,4)5/h10,13,19,29H,11-12,14-18H2,1-9H3/b21-10?,23-13+. The minimum absolute atomic E-state index is 0.269. The van der Waals surface area contributed by atoms with Crippen molar-refractivity contribution in [1.82, 2.24) is 5.32 Å². The second kappa shape index (κ2) is 7.47. The average molecular weight is 396 g/mol. The number of rotatable bonds is 3. The fourth-order valence-corrected chi connectivity index (χ4v) is 5.92. The molecule has 3 aliphatic carbocycles. The fraction of sp³-hybridized carbons (Fsp3) is 0.714. The van der Waals surface area contributed by atoms with Crippen molar-refractivity contribution in [3.05, 3.63) is 46.2 Å². The Bertz CT molecular complexity index is 777. The van der Waals surface area contributed by atoms with Gasteiger partial charge in [-0.05, 0) is 89.9 Å². The molecule has 3 rings (SSSR count). The Morgan fingerprint density at radius 2 is 1.31 bits per heavy atom. The summed E-state index contributed by atoms with van der Waals surface area (Å²) in [6, 6.07) is 0. The molecular weight excluding hydrogens is 350 g/mol. The van der Waals surface area contributed by atoms with Crippen molar-refractivity contribution >= 4 is 0 Å². The molecule has 1 nitrogen and oxygen atoms in total. The highest BCUT2D eigenvalue weighted by molar-refractivity contribution is 5.44. The maximum Gasteiger partial charge on any atom is 0.0333 e. The van der Waals surface area contributed by atoms with Gasteiger partial charge < -0.3 is 5.32 Å². The molecule has 0 aromatic carbocycles. The van der Waals surface area contributed by atoms with Gasteiger partial charge in [0.15, 0.2) is 0 Å². The molecule has 0 heterocycles. The zero-order valence-corrected chi connectivity index (χ0v) is 20.7. The number of nitrogens with one attached hydrogen (secondary N) is 1. The minimum Gasteiger partial charge on any atom is -0.385 e. The van der Waals surface area contributed by atoms with Crippen molar-refractivity contribution in [2.24, 2.45) is 21.7 Å². The SMILES string of the molecule is CC=C1/C(=C\CNC2=CC3=C(CC2)C(C)(C)CCC3(C)C)C(C)(C)CCC1(C)C. The highest BCUT2D eigenvalue weighted by Crippen LogP contribution is 2.53. The monoisotopic (exact) mass is 395 g/mol. The summed E-state index contributed by atoms with van der Waals surface area (Å²) in [7, 11) is 0. The van der Waals surface area contributed by atoms with E-state index in [1.807, 2.05) is 0 Å². The molecule has 0 aliphatic heterocycles. The summed E-state index contributed by atoms with van der Waals surface area (Å²) < 4.78 is 0. The molecule has 3 aliphatic rings. The van der Waals surface area contributed by atoms with Crippen LogP contribution in [0.15, 0.2) is 46.2 Å². The van der Waals surface area contributed by atoms with Crippen LogP contribution in [0.25, 0.3) is 0 Å².